The monoisotopic (exact) mass is 454 g/mol. The highest BCUT2D eigenvalue weighted by atomic mass is 16.5. The number of carbonyl (C=O) groups excluding carboxylic acids is 1. The molecule has 4 nitrogen and oxygen atoms in total. The zero-order valence-electron chi connectivity index (χ0n) is 19.9. The highest BCUT2D eigenvalue weighted by molar-refractivity contribution is 5.93. The van der Waals surface area contributed by atoms with E-state index in [1.54, 1.807) is 6.92 Å². The molecular formula is C30H30O4. The Morgan fingerprint density at radius 3 is 2.41 bits per heavy atom. The lowest BCUT2D eigenvalue weighted by Crippen LogP contribution is -2.22. The lowest BCUT2D eigenvalue weighted by molar-refractivity contribution is -0.138. The molecule has 5 rings (SSSR count). The van der Waals surface area contributed by atoms with Gasteiger partial charge in [-0.25, -0.2) is 4.79 Å². The summed E-state index contributed by atoms with van der Waals surface area (Å²) < 4.78 is 11.9. The minimum Gasteiger partial charge on any atom is -0.504 e. The van der Waals surface area contributed by atoms with Gasteiger partial charge in [0.25, 0.3) is 0 Å². The molecule has 0 fully saturated rings. The lowest BCUT2D eigenvalue weighted by Gasteiger charge is -2.26. The quantitative estimate of drug-likeness (QED) is 0.342. The second-order valence-electron chi connectivity index (χ2n) is 9.18. The van der Waals surface area contributed by atoms with E-state index in [-0.39, 0.29) is 23.6 Å². The van der Waals surface area contributed by atoms with E-state index in [1.165, 1.54) is 5.56 Å². The fourth-order valence-corrected chi connectivity index (χ4v) is 5.82. The smallest absolute Gasteiger partial charge is 0.334 e. The summed E-state index contributed by atoms with van der Waals surface area (Å²) in [5, 5.41) is 11.7. The Morgan fingerprint density at radius 1 is 1.06 bits per heavy atom. The maximum absolute atomic E-state index is 13.1. The summed E-state index contributed by atoms with van der Waals surface area (Å²) in [7, 11) is 0. The van der Waals surface area contributed by atoms with Crippen LogP contribution in [0.15, 0.2) is 82.3 Å². The third-order valence-corrected chi connectivity index (χ3v) is 7.28. The molecule has 0 radical (unpaired) electrons. The zero-order chi connectivity index (χ0) is 24.0. The number of ether oxygens (including phenoxy) is 1. The third kappa shape index (κ3) is 3.32. The largest absolute Gasteiger partial charge is 0.504 e. The standard InChI is InChI=1S/C30H30O4/c1-5-20-18(4)25(22-15-11-10-14-21(20)22)29-28(31)27-23(34-29)16-17(3)24(30(32)33-6-2)26(27)19-12-8-7-9-13-19/h7-15,20,25-26,31H,4-6,16H2,1-3H3. The maximum atomic E-state index is 13.1. The second kappa shape index (κ2) is 8.68. The zero-order valence-corrected chi connectivity index (χ0v) is 19.9. The van der Waals surface area contributed by atoms with Crippen molar-refractivity contribution in [3.63, 3.8) is 0 Å². The summed E-state index contributed by atoms with van der Waals surface area (Å²) in [5.41, 5.74) is 6.49. The third-order valence-electron chi connectivity index (χ3n) is 7.28. The van der Waals surface area contributed by atoms with Gasteiger partial charge in [0.2, 0.25) is 0 Å². The van der Waals surface area contributed by atoms with Crippen LogP contribution in [0.1, 0.15) is 78.7 Å². The molecule has 34 heavy (non-hydrogen) atoms. The molecule has 2 aliphatic rings. The Kier molecular flexibility index (Phi) is 5.68. The first-order valence-electron chi connectivity index (χ1n) is 12.0. The second-order valence-corrected chi connectivity index (χ2v) is 9.18. The number of hydrogen-bond acceptors (Lipinski definition) is 4. The predicted molar refractivity (Wildman–Crippen MR) is 132 cm³/mol. The number of furan rings is 1. The van der Waals surface area contributed by atoms with Crippen molar-refractivity contribution in [2.24, 2.45) is 0 Å². The van der Waals surface area contributed by atoms with Gasteiger partial charge in [-0.3, -0.25) is 0 Å². The number of allylic oxidation sites excluding steroid dienone is 2. The molecule has 4 heteroatoms. The normalized spacial score (nSPS) is 21.4. The Labute approximate surface area is 200 Å². The fourth-order valence-electron chi connectivity index (χ4n) is 5.82. The van der Waals surface area contributed by atoms with Gasteiger partial charge >= 0.3 is 5.97 Å². The summed E-state index contributed by atoms with van der Waals surface area (Å²) >= 11 is 0. The van der Waals surface area contributed by atoms with Gasteiger partial charge in [-0.05, 0) is 37.0 Å². The van der Waals surface area contributed by atoms with Crippen LogP contribution < -0.4 is 0 Å². The molecule has 0 saturated heterocycles. The first-order chi connectivity index (χ1) is 16.5. The van der Waals surface area contributed by atoms with Gasteiger partial charge in [0.1, 0.15) is 5.76 Å². The number of esters is 1. The van der Waals surface area contributed by atoms with Crippen LogP contribution in [0.25, 0.3) is 0 Å². The predicted octanol–water partition coefficient (Wildman–Crippen LogP) is 6.75. The molecule has 1 heterocycles. The van der Waals surface area contributed by atoms with E-state index in [9.17, 15) is 9.90 Å². The number of carbonyl (C=O) groups is 1. The summed E-state index contributed by atoms with van der Waals surface area (Å²) in [6.07, 6.45) is 1.40. The molecule has 0 spiro atoms. The molecule has 0 amide bonds. The van der Waals surface area contributed by atoms with Crippen LogP contribution in [0.3, 0.4) is 0 Å². The molecular weight excluding hydrogens is 424 g/mol. The number of rotatable bonds is 5. The van der Waals surface area contributed by atoms with Crippen molar-refractivity contribution in [3.8, 4) is 5.75 Å². The van der Waals surface area contributed by atoms with Gasteiger partial charge in [-0.15, -0.1) is 0 Å². The highest BCUT2D eigenvalue weighted by Gasteiger charge is 2.43. The van der Waals surface area contributed by atoms with Crippen LogP contribution in [0.5, 0.6) is 5.75 Å². The van der Waals surface area contributed by atoms with Gasteiger partial charge in [-0.1, -0.05) is 79.2 Å². The topological polar surface area (TPSA) is 59.7 Å². The molecule has 3 aromatic rings. The van der Waals surface area contributed by atoms with Gasteiger partial charge in [0, 0.05) is 29.4 Å². The molecule has 0 saturated carbocycles. The molecule has 3 atom stereocenters. The van der Waals surface area contributed by atoms with Crippen LogP contribution in [-0.2, 0) is 16.0 Å². The number of aromatic hydroxyl groups is 1. The van der Waals surface area contributed by atoms with Gasteiger partial charge in [-0.2, -0.15) is 0 Å². The average molecular weight is 455 g/mol. The minimum absolute atomic E-state index is 0.121. The molecule has 3 unspecified atom stereocenters. The summed E-state index contributed by atoms with van der Waals surface area (Å²) in [6, 6.07) is 18.1. The Balaban J connectivity index is 1.69. The van der Waals surface area contributed by atoms with Gasteiger partial charge in [0.15, 0.2) is 11.5 Å². The van der Waals surface area contributed by atoms with E-state index >= 15 is 0 Å². The van der Waals surface area contributed by atoms with Crippen molar-refractivity contribution < 1.29 is 19.1 Å². The molecule has 1 N–H and O–H groups in total. The van der Waals surface area contributed by atoms with Crippen molar-refractivity contribution in [1.82, 2.24) is 0 Å². The average Bonchev–Trinajstić information content (AvgIpc) is 3.30. The minimum atomic E-state index is -0.451. The van der Waals surface area contributed by atoms with Crippen molar-refractivity contribution in [2.75, 3.05) is 6.61 Å². The van der Waals surface area contributed by atoms with Crippen molar-refractivity contribution >= 4 is 5.97 Å². The van der Waals surface area contributed by atoms with E-state index in [1.807, 2.05) is 43.3 Å². The Hall–Kier alpha value is -3.53. The van der Waals surface area contributed by atoms with Gasteiger partial charge < -0.3 is 14.3 Å². The summed E-state index contributed by atoms with van der Waals surface area (Å²) in [5.74, 6) is 0.569. The van der Waals surface area contributed by atoms with E-state index < -0.39 is 5.92 Å². The summed E-state index contributed by atoms with van der Waals surface area (Å²) in [6.45, 7) is 10.6. The number of hydrogen-bond donors (Lipinski definition) is 1. The molecule has 174 valence electrons. The lowest BCUT2D eigenvalue weighted by atomic mass is 9.77. The van der Waals surface area contributed by atoms with Crippen LogP contribution >= 0.6 is 0 Å². The van der Waals surface area contributed by atoms with E-state index in [2.05, 4.69) is 31.7 Å². The van der Waals surface area contributed by atoms with Crippen molar-refractivity contribution in [2.45, 2.75) is 51.4 Å². The van der Waals surface area contributed by atoms with Crippen LogP contribution in [0.2, 0.25) is 0 Å². The number of benzene rings is 2. The van der Waals surface area contributed by atoms with Crippen LogP contribution in [0.4, 0.5) is 0 Å². The molecule has 0 bridgehead atoms. The molecule has 2 aromatic carbocycles. The van der Waals surface area contributed by atoms with E-state index in [4.69, 9.17) is 9.15 Å². The maximum Gasteiger partial charge on any atom is 0.334 e. The fraction of sp³-hybridized carbons (Fsp3) is 0.300. The van der Waals surface area contributed by atoms with Crippen molar-refractivity contribution in [3.05, 3.63) is 112 Å². The first-order valence-corrected chi connectivity index (χ1v) is 12.0. The summed E-state index contributed by atoms with van der Waals surface area (Å²) in [4.78, 5) is 13.1. The van der Waals surface area contributed by atoms with E-state index in [0.717, 1.165) is 28.7 Å². The molecule has 1 aromatic heterocycles. The first kappa shape index (κ1) is 22.3. The van der Waals surface area contributed by atoms with Crippen molar-refractivity contribution in [1.29, 1.82) is 0 Å². The Bertz CT molecular complexity index is 1290. The SMILES string of the molecule is C=C1C(CC)c2ccccc2C1c1oc2c(c1O)C(c1ccccc1)C(C(=O)OCC)=C(C)C2. The van der Waals surface area contributed by atoms with Gasteiger partial charge in [0.05, 0.1) is 12.5 Å². The molecule has 0 aliphatic heterocycles. The van der Waals surface area contributed by atoms with E-state index in [0.29, 0.717) is 35.7 Å². The molecule has 2 aliphatic carbocycles. The van der Waals surface area contributed by atoms with Crippen LogP contribution in [0, 0.1) is 0 Å². The Morgan fingerprint density at radius 2 is 1.74 bits per heavy atom. The highest BCUT2D eigenvalue weighted by Crippen LogP contribution is 2.56. The van der Waals surface area contributed by atoms with Crippen LogP contribution in [-0.4, -0.2) is 17.7 Å². The number of fused-ring (bicyclic) bond motifs is 2.